The van der Waals surface area contributed by atoms with Crippen molar-refractivity contribution in [1.29, 1.82) is 0 Å². The van der Waals surface area contributed by atoms with Gasteiger partial charge in [0.05, 0.1) is 24.1 Å². The lowest BCUT2D eigenvalue weighted by molar-refractivity contribution is -0.0228. The topological polar surface area (TPSA) is 90.3 Å². The van der Waals surface area contributed by atoms with E-state index in [0.717, 1.165) is 48.3 Å². The van der Waals surface area contributed by atoms with Crippen molar-refractivity contribution in [3.63, 3.8) is 0 Å². The summed E-state index contributed by atoms with van der Waals surface area (Å²) in [5, 5.41) is 0.899. The minimum atomic E-state index is 0.248. The Hall–Kier alpha value is -3.19. The van der Waals surface area contributed by atoms with Gasteiger partial charge in [0.25, 0.3) is 0 Å². The lowest BCUT2D eigenvalue weighted by atomic mass is 9.97. The average Bonchev–Trinajstić information content (AvgIpc) is 3.13. The van der Waals surface area contributed by atoms with Gasteiger partial charge in [0.1, 0.15) is 5.52 Å². The number of aromatic nitrogens is 3. The van der Waals surface area contributed by atoms with Crippen LogP contribution in [0.15, 0.2) is 47.0 Å². The van der Waals surface area contributed by atoms with E-state index in [1.165, 1.54) is 0 Å². The lowest BCUT2D eigenvalue weighted by Gasteiger charge is -2.45. The molecule has 28 heavy (non-hydrogen) atoms. The van der Waals surface area contributed by atoms with Crippen molar-refractivity contribution in [1.82, 2.24) is 15.0 Å². The van der Waals surface area contributed by atoms with Crippen molar-refractivity contribution in [3.05, 3.63) is 42.6 Å². The van der Waals surface area contributed by atoms with Gasteiger partial charge in [-0.25, -0.2) is 15.0 Å². The van der Waals surface area contributed by atoms with Crippen molar-refractivity contribution in [2.24, 2.45) is 0 Å². The van der Waals surface area contributed by atoms with Gasteiger partial charge in [-0.2, -0.15) is 0 Å². The molecule has 3 fully saturated rings. The zero-order valence-corrected chi connectivity index (χ0v) is 15.2. The number of benzene rings is 1. The molecular weight excluding hydrogens is 354 g/mol. The van der Waals surface area contributed by atoms with Gasteiger partial charge < -0.3 is 19.8 Å². The van der Waals surface area contributed by atoms with E-state index < -0.39 is 0 Å². The van der Waals surface area contributed by atoms with Gasteiger partial charge in [0, 0.05) is 24.0 Å². The Morgan fingerprint density at radius 3 is 2.71 bits per heavy atom. The number of nitrogens with zero attached hydrogens (tertiary/aromatic N) is 4. The highest BCUT2D eigenvalue weighted by atomic mass is 16.5. The number of ether oxygens (including phenoxy) is 1. The highest BCUT2D eigenvalue weighted by Gasteiger charge is 2.37. The molecule has 4 aromatic rings. The fraction of sp³-hybridized carbons (Fsp3) is 0.286. The summed E-state index contributed by atoms with van der Waals surface area (Å²) in [5.41, 5.74) is 9.57. The molecule has 2 atom stereocenters. The standard InChI is InChI=1S/C21H19N5O2/c22-13-5-3-12(4-6-13)19-24-17-16-2-1-9-23-21(16)28-18(17)20(25-19)26-10-15-8-7-14(26)11-27-15/h1-6,9,14-15H,7-8,10-11,22H2. The van der Waals surface area contributed by atoms with E-state index in [4.69, 9.17) is 24.9 Å². The van der Waals surface area contributed by atoms with Crippen LogP contribution in [-0.4, -0.2) is 40.2 Å². The summed E-state index contributed by atoms with van der Waals surface area (Å²) in [4.78, 5) is 16.5. The maximum Gasteiger partial charge on any atom is 0.229 e. The van der Waals surface area contributed by atoms with Gasteiger partial charge in [-0.15, -0.1) is 0 Å². The molecule has 0 saturated carbocycles. The minimum absolute atomic E-state index is 0.248. The third-order valence-electron chi connectivity index (χ3n) is 5.70. The van der Waals surface area contributed by atoms with Gasteiger partial charge >= 0.3 is 0 Å². The van der Waals surface area contributed by atoms with Gasteiger partial charge in [0.15, 0.2) is 17.2 Å². The molecule has 0 spiro atoms. The summed E-state index contributed by atoms with van der Waals surface area (Å²) in [6.45, 7) is 1.55. The normalized spacial score (nSPS) is 21.6. The first-order valence-electron chi connectivity index (χ1n) is 9.56. The number of nitrogen functional groups attached to an aromatic ring is 1. The monoisotopic (exact) mass is 373 g/mol. The number of morpholine rings is 1. The van der Waals surface area contributed by atoms with Crippen LogP contribution in [0.1, 0.15) is 12.8 Å². The van der Waals surface area contributed by atoms with E-state index in [-0.39, 0.29) is 6.10 Å². The Morgan fingerprint density at radius 2 is 1.96 bits per heavy atom. The zero-order valence-electron chi connectivity index (χ0n) is 15.2. The number of pyridine rings is 1. The smallest absolute Gasteiger partial charge is 0.229 e. The van der Waals surface area contributed by atoms with Gasteiger partial charge in [0.2, 0.25) is 5.71 Å². The van der Waals surface area contributed by atoms with Crippen LogP contribution in [-0.2, 0) is 4.74 Å². The number of piperidine rings is 1. The van der Waals surface area contributed by atoms with Crippen LogP contribution in [0.2, 0.25) is 0 Å². The van der Waals surface area contributed by atoms with Crippen LogP contribution in [0.25, 0.3) is 33.6 Å². The molecule has 6 heterocycles. The van der Waals surface area contributed by atoms with Crippen LogP contribution in [0.3, 0.4) is 0 Å². The van der Waals surface area contributed by atoms with E-state index >= 15 is 0 Å². The molecule has 3 saturated heterocycles. The first kappa shape index (κ1) is 15.8. The number of hydrogen-bond donors (Lipinski definition) is 1. The van der Waals surface area contributed by atoms with Crippen molar-refractivity contribution in [2.45, 2.75) is 25.0 Å². The Kier molecular flexibility index (Phi) is 3.34. The molecule has 140 valence electrons. The second-order valence-corrected chi connectivity index (χ2v) is 7.47. The summed E-state index contributed by atoms with van der Waals surface area (Å²) in [5.74, 6) is 1.49. The predicted octanol–water partition coefficient (Wildman–Crippen LogP) is 3.39. The molecule has 2 N–H and O–H groups in total. The molecule has 0 radical (unpaired) electrons. The Bertz CT molecular complexity index is 1180. The van der Waals surface area contributed by atoms with Gasteiger partial charge in [-0.1, -0.05) is 0 Å². The zero-order chi connectivity index (χ0) is 18.7. The Labute approximate surface area is 161 Å². The number of furan rings is 1. The van der Waals surface area contributed by atoms with Gasteiger partial charge in [-0.05, 0) is 49.2 Å². The molecule has 7 rings (SSSR count). The number of nitrogens with two attached hydrogens (primary N) is 1. The van der Waals surface area contributed by atoms with Crippen molar-refractivity contribution >= 4 is 33.7 Å². The fourth-order valence-electron chi connectivity index (χ4n) is 4.23. The van der Waals surface area contributed by atoms with E-state index in [9.17, 15) is 0 Å². The van der Waals surface area contributed by atoms with Crippen molar-refractivity contribution < 1.29 is 9.15 Å². The molecule has 1 aromatic carbocycles. The third-order valence-corrected chi connectivity index (χ3v) is 5.70. The van der Waals surface area contributed by atoms with E-state index in [1.807, 2.05) is 36.4 Å². The van der Waals surface area contributed by atoms with Crippen LogP contribution in [0, 0.1) is 0 Å². The highest BCUT2D eigenvalue weighted by Crippen LogP contribution is 2.38. The summed E-state index contributed by atoms with van der Waals surface area (Å²) in [7, 11) is 0. The molecule has 0 aliphatic carbocycles. The number of rotatable bonds is 2. The summed E-state index contributed by atoms with van der Waals surface area (Å²) < 4.78 is 12.0. The quantitative estimate of drug-likeness (QED) is 0.539. The summed E-state index contributed by atoms with van der Waals surface area (Å²) in [6.07, 6.45) is 4.18. The number of fused-ring (bicyclic) bond motifs is 6. The van der Waals surface area contributed by atoms with Crippen molar-refractivity contribution in [2.75, 3.05) is 23.8 Å². The van der Waals surface area contributed by atoms with E-state index in [0.29, 0.717) is 28.9 Å². The lowest BCUT2D eigenvalue weighted by Crippen LogP contribution is -2.55. The molecule has 0 amide bonds. The second kappa shape index (κ2) is 5.90. The van der Waals surface area contributed by atoms with Crippen LogP contribution in [0.4, 0.5) is 11.5 Å². The molecule has 7 heteroatoms. The Balaban J connectivity index is 1.61. The minimum Gasteiger partial charge on any atom is -0.432 e. The van der Waals surface area contributed by atoms with Crippen LogP contribution < -0.4 is 10.6 Å². The van der Waals surface area contributed by atoms with Crippen LogP contribution >= 0.6 is 0 Å². The largest absolute Gasteiger partial charge is 0.432 e. The maximum atomic E-state index is 6.12. The molecule has 3 aliphatic rings. The van der Waals surface area contributed by atoms with Gasteiger partial charge in [-0.3, -0.25) is 0 Å². The summed E-state index contributed by atoms with van der Waals surface area (Å²) in [6, 6.07) is 11.8. The molecular formula is C21H19N5O2. The summed E-state index contributed by atoms with van der Waals surface area (Å²) >= 11 is 0. The molecule has 2 unspecified atom stereocenters. The Morgan fingerprint density at radius 1 is 1.07 bits per heavy atom. The maximum absolute atomic E-state index is 6.12. The number of hydrogen-bond acceptors (Lipinski definition) is 7. The fourth-order valence-corrected chi connectivity index (χ4v) is 4.23. The van der Waals surface area contributed by atoms with E-state index in [2.05, 4.69) is 9.88 Å². The molecule has 2 bridgehead atoms. The molecule has 3 aromatic heterocycles. The first-order chi connectivity index (χ1) is 13.8. The molecule has 3 aliphatic heterocycles. The molecule has 7 nitrogen and oxygen atoms in total. The van der Waals surface area contributed by atoms with Crippen LogP contribution in [0.5, 0.6) is 0 Å². The van der Waals surface area contributed by atoms with E-state index in [1.54, 1.807) is 6.20 Å². The SMILES string of the molecule is Nc1ccc(-c2nc(N3CC4CCC3CO4)c3oc4ncccc4c3n2)cc1. The van der Waals surface area contributed by atoms with Crippen molar-refractivity contribution in [3.8, 4) is 11.4 Å². The highest BCUT2D eigenvalue weighted by molar-refractivity contribution is 6.05. The first-order valence-corrected chi connectivity index (χ1v) is 9.56. The average molecular weight is 373 g/mol. The third kappa shape index (κ3) is 2.36. The second-order valence-electron chi connectivity index (χ2n) is 7.47. The number of anilines is 2. The predicted molar refractivity (Wildman–Crippen MR) is 107 cm³/mol.